The van der Waals surface area contributed by atoms with Crippen LogP contribution in [-0.4, -0.2) is 33.5 Å². The van der Waals surface area contributed by atoms with E-state index in [-0.39, 0.29) is 0 Å². The summed E-state index contributed by atoms with van der Waals surface area (Å²) in [5.74, 6) is 0.736. The molecule has 0 saturated heterocycles. The van der Waals surface area contributed by atoms with Gasteiger partial charge in [0.25, 0.3) is 0 Å². The minimum absolute atomic E-state index is 0.723. The molecule has 0 aliphatic heterocycles. The topological polar surface area (TPSA) is 81.3 Å². The van der Waals surface area contributed by atoms with Crippen LogP contribution in [0, 0.1) is 18.3 Å². The molecule has 0 spiro atoms. The first-order chi connectivity index (χ1) is 15.5. The number of imidazole rings is 1. The lowest BCUT2D eigenvalue weighted by Gasteiger charge is -2.14. The lowest BCUT2D eigenvalue weighted by molar-refractivity contribution is 0.495. The Bertz CT molecular complexity index is 1150. The Morgan fingerprint density at radius 3 is 2.22 bits per heavy atom. The van der Waals surface area contributed by atoms with Crippen LogP contribution in [0.4, 0.5) is 17.2 Å². The van der Waals surface area contributed by atoms with Crippen LogP contribution in [0.25, 0.3) is 5.65 Å². The van der Waals surface area contributed by atoms with Crippen molar-refractivity contribution in [2.24, 2.45) is 0 Å². The van der Waals surface area contributed by atoms with Gasteiger partial charge >= 0.3 is 0 Å². The summed E-state index contributed by atoms with van der Waals surface area (Å²) in [4.78, 5) is 8.64. The fourth-order valence-corrected chi connectivity index (χ4v) is 2.63. The third-order valence-corrected chi connectivity index (χ3v) is 4.32. The molecule has 1 fully saturated rings. The Morgan fingerprint density at radius 1 is 0.938 bits per heavy atom. The summed E-state index contributed by atoms with van der Waals surface area (Å²) < 4.78 is 1.93. The van der Waals surface area contributed by atoms with Crippen molar-refractivity contribution < 1.29 is 0 Å². The molecule has 0 radical (unpaired) electrons. The van der Waals surface area contributed by atoms with Crippen LogP contribution in [0.3, 0.4) is 0 Å². The van der Waals surface area contributed by atoms with Crippen molar-refractivity contribution in [1.82, 2.24) is 19.4 Å². The summed E-state index contributed by atoms with van der Waals surface area (Å²) in [7, 11) is 3.90. The maximum atomic E-state index is 8.38. The normalized spacial score (nSPS) is 11.5. The highest BCUT2D eigenvalue weighted by Gasteiger charge is 2.04. The summed E-state index contributed by atoms with van der Waals surface area (Å²) in [6.45, 7) is 2.00. The summed E-state index contributed by atoms with van der Waals surface area (Å²) in [6.07, 6.45) is 11.8. The molecule has 1 aliphatic rings. The molecule has 0 atom stereocenters. The van der Waals surface area contributed by atoms with Crippen LogP contribution in [0.15, 0.2) is 73.3 Å². The van der Waals surface area contributed by atoms with Crippen molar-refractivity contribution in [3.63, 3.8) is 0 Å². The third-order valence-electron chi connectivity index (χ3n) is 4.32. The molecule has 0 bridgehead atoms. The number of hydrazine groups is 1. The average molecular weight is 428 g/mol. The minimum atomic E-state index is 0.723. The lowest BCUT2D eigenvalue weighted by Crippen LogP contribution is -2.19. The van der Waals surface area contributed by atoms with Crippen LogP contribution in [0.2, 0.25) is 0 Å². The van der Waals surface area contributed by atoms with Crippen LogP contribution >= 0.6 is 0 Å². The fraction of sp³-hybridized carbons (Fsp3) is 0.240. The molecule has 164 valence electrons. The smallest absolute Gasteiger partial charge is 0.180 e. The quantitative estimate of drug-likeness (QED) is 0.425. The van der Waals surface area contributed by atoms with Crippen molar-refractivity contribution in [3.8, 4) is 6.07 Å². The van der Waals surface area contributed by atoms with Gasteiger partial charge in [-0.3, -0.25) is 0 Å². The number of nitrogens with one attached hydrogen (secondary N) is 2. The number of nitrogens with zero attached hydrogens (tertiary/aromatic N) is 5. The number of fused-ring (bicyclic) bond motifs is 1. The number of nitriles is 1. The summed E-state index contributed by atoms with van der Waals surface area (Å²) in [5, 5.41) is 13.6. The highest BCUT2D eigenvalue weighted by Crippen LogP contribution is 2.21. The van der Waals surface area contributed by atoms with Crippen molar-refractivity contribution in [2.75, 3.05) is 24.8 Å². The van der Waals surface area contributed by atoms with Crippen molar-refractivity contribution in [3.05, 3.63) is 84.4 Å². The summed E-state index contributed by atoms with van der Waals surface area (Å²) >= 11 is 0. The van der Waals surface area contributed by atoms with E-state index in [0.717, 1.165) is 28.4 Å². The molecule has 2 aromatic carbocycles. The summed E-state index contributed by atoms with van der Waals surface area (Å²) in [6, 6.07) is 17.6. The number of benzene rings is 2. The van der Waals surface area contributed by atoms with Gasteiger partial charge in [-0.2, -0.15) is 5.26 Å². The van der Waals surface area contributed by atoms with Crippen LogP contribution in [0.5, 0.6) is 0 Å². The Kier molecular flexibility index (Phi) is 8.18. The Hall–Kier alpha value is -3.89. The standard InChI is InChI=1S/C14H16N6.C8H7N.C3H6/c1-19(2)18-12-5-3-4-11(10-12)17-13-14-16-7-9-20(14)8-6-15-13;1-7-2-4-8(6-9)5-3-7;1-2-3-1/h3-10,18H,1-2H3,(H,15,17);2-5H,1H3;1-3H2. The number of rotatable bonds is 4. The zero-order valence-corrected chi connectivity index (χ0v) is 18.8. The lowest BCUT2D eigenvalue weighted by atomic mass is 10.2. The van der Waals surface area contributed by atoms with Gasteiger partial charge in [-0.05, 0) is 37.3 Å². The van der Waals surface area contributed by atoms with E-state index in [1.54, 1.807) is 12.4 Å². The van der Waals surface area contributed by atoms with E-state index < -0.39 is 0 Å². The molecule has 2 heterocycles. The molecule has 32 heavy (non-hydrogen) atoms. The Labute approximate surface area is 189 Å². The van der Waals surface area contributed by atoms with Gasteiger partial charge in [0.1, 0.15) is 0 Å². The first-order valence-electron chi connectivity index (χ1n) is 10.6. The fourth-order valence-electron chi connectivity index (χ4n) is 2.63. The molecular formula is C25H29N7. The van der Waals surface area contributed by atoms with E-state index in [1.807, 2.05) is 91.4 Å². The monoisotopic (exact) mass is 427 g/mol. The first-order valence-corrected chi connectivity index (χ1v) is 10.6. The maximum absolute atomic E-state index is 8.38. The van der Waals surface area contributed by atoms with Crippen LogP contribution in [0.1, 0.15) is 30.4 Å². The van der Waals surface area contributed by atoms with Gasteiger partial charge in [0, 0.05) is 44.6 Å². The van der Waals surface area contributed by atoms with Gasteiger partial charge in [-0.1, -0.05) is 43.0 Å². The van der Waals surface area contributed by atoms with Gasteiger partial charge in [-0.25, -0.2) is 15.0 Å². The van der Waals surface area contributed by atoms with Crippen molar-refractivity contribution >= 4 is 22.8 Å². The second kappa shape index (κ2) is 11.5. The third kappa shape index (κ3) is 7.42. The molecule has 0 amide bonds. The second-order valence-electron chi connectivity index (χ2n) is 7.68. The number of hydrogen-bond acceptors (Lipinski definition) is 6. The predicted octanol–water partition coefficient (Wildman–Crippen LogP) is 5.40. The van der Waals surface area contributed by atoms with E-state index in [9.17, 15) is 0 Å². The Morgan fingerprint density at radius 2 is 1.59 bits per heavy atom. The molecule has 5 rings (SSSR count). The molecule has 1 saturated carbocycles. The summed E-state index contributed by atoms with van der Waals surface area (Å²) in [5.41, 5.74) is 7.90. The molecule has 2 aromatic heterocycles. The van der Waals surface area contributed by atoms with Gasteiger partial charge in [0.15, 0.2) is 11.5 Å². The van der Waals surface area contributed by atoms with Gasteiger partial charge in [-0.15, -0.1) is 0 Å². The van der Waals surface area contributed by atoms with E-state index in [4.69, 9.17) is 5.26 Å². The van der Waals surface area contributed by atoms with Crippen LogP contribution < -0.4 is 10.7 Å². The molecule has 7 heteroatoms. The SMILES string of the molecule is C1CC1.CN(C)Nc1cccc(Nc2nccn3ccnc23)c1.Cc1ccc(C#N)cc1. The first kappa shape index (κ1) is 22.8. The number of anilines is 3. The van der Waals surface area contributed by atoms with Crippen LogP contribution in [-0.2, 0) is 0 Å². The highest BCUT2D eigenvalue weighted by molar-refractivity contribution is 5.71. The van der Waals surface area contributed by atoms with Gasteiger partial charge in [0.05, 0.1) is 17.3 Å². The molecular weight excluding hydrogens is 398 g/mol. The molecule has 4 aromatic rings. The van der Waals surface area contributed by atoms with E-state index >= 15 is 0 Å². The predicted molar refractivity (Wildman–Crippen MR) is 130 cm³/mol. The molecule has 1 aliphatic carbocycles. The highest BCUT2D eigenvalue weighted by atomic mass is 15.5. The second-order valence-corrected chi connectivity index (χ2v) is 7.68. The number of hydrogen-bond donors (Lipinski definition) is 2. The Balaban J connectivity index is 0.000000198. The average Bonchev–Trinajstić information content (AvgIpc) is 3.59. The molecule has 7 nitrogen and oxygen atoms in total. The van der Waals surface area contributed by atoms with Gasteiger partial charge in [0.2, 0.25) is 0 Å². The van der Waals surface area contributed by atoms with Crippen molar-refractivity contribution in [1.29, 1.82) is 5.26 Å². The number of aryl methyl sites for hydroxylation is 1. The van der Waals surface area contributed by atoms with Gasteiger partial charge < -0.3 is 15.1 Å². The zero-order valence-electron chi connectivity index (χ0n) is 18.8. The zero-order chi connectivity index (χ0) is 22.8. The van der Waals surface area contributed by atoms with Crippen molar-refractivity contribution in [2.45, 2.75) is 26.2 Å². The number of aromatic nitrogens is 3. The maximum Gasteiger partial charge on any atom is 0.180 e. The minimum Gasteiger partial charge on any atom is -0.337 e. The molecule has 0 unspecified atom stereocenters. The van der Waals surface area contributed by atoms with E-state index in [1.165, 1.54) is 24.8 Å². The van der Waals surface area contributed by atoms with E-state index in [0.29, 0.717) is 0 Å². The van der Waals surface area contributed by atoms with E-state index in [2.05, 4.69) is 26.8 Å². The molecule has 2 N–H and O–H groups in total. The largest absolute Gasteiger partial charge is 0.337 e.